The van der Waals surface area contributed by atoms with Crippen molar-refractivity contribution in [2.24, 2.45) is 0 Å². The lowest BCUT2D eigenvalue weighted by Crippen LogP contribution is -2.16. The molecular weight excluding hydrogens is 1030 g/mol. The summed E-state index contributed by atoms with van der Waals surface area (Å²) in [5.41, 5.74) is 21.0. The minimum atomic E-state index is -0.0826. The molecule has 16 rings (SSSR count). The standard InChI is InChI=1S/C37H27NO.C22H20.C16H9BrO/c1-37(2)31-18-10-8-16-28(31)29-21-20-26(23-32(29)37)38(25-13-4-3-5-14-25)36-27-15-7-6-12-24(27)22-34-35(36)30-17-9-11-19-33(30)39-34;1-22(2)20-11-7-6-10-18(20)19-13-12-17(15-21(19)22)14-16-8-4-3-5-9-16;17-16-11-6-2-1-5-10(11)9-14-15(16)12-7-3-4-8-13(12)18-14/h3-23H,1-2H3;3-13,15H,14H2,1-2H3;1-9H. The van der Waals surface area contributed by atoms with E-state index in [1.165, 1.54) is 71.8 Å². The molecule has 0 saturated heterocycles. The highest BCUT2D eigenvalue weighted by Gasteiger charge is 2.37. The van der Waals surface area contributed by atoms with E-state index in [4.69, 9.17) is 8.83 Å². The zero-order valence-electron chi connectivity index (χ0n) is 44.6. The van der Waals surface area contributed by atoms with Crippen LogP contribution in [0.5, 0.6) is 0 Å². The molecule has 79 heavy (non-hydrogen) atoms. The first-order valence-corrected chi connectivity index (χ1v) is 28.1. The highest BCUT2D eigenvalue weighted by atomic mass is 79.9. The molecule has 380 valence electrons. The highest BCUT2D eigenvalue weighted by Crippen LogP contribution is 2.53. The van der Waals surface area contributed by atoms with Crippen molar-refractivity contribution in [3.05, 3.63) is 293 Å². The van der Waals surface area contributed by atoms with Crippen LogP contribution in [0.4, 0.5) is 17.1 Å². The van der Waals surface area contributed by atoms with Gasteiger partial charge in [0.15, 0.2) is 0 Å². The van der Waals surface area contributed by atoms with Gasteiger partial charge >= 0.3 is 0 Å². The van der Waals surface area contributed by atoms with Gasteiger partial charge in [0.1, 0.15) is 22.3 Å². The summed E-state index contributed by atoms with van der Waals surface area (Å²) >= 11 is 3.72. The van der Waals surface area contributed by atoms with Crippen LogP contribution in [0, 0.1) is 0 Å². The summed E-state index contributed by atoms with van der Waals surface area (Å²) in [7, 11) is 0. The molecule has 0 radical (unpaired) electrons. The highest BCUT2D eigenvalue weighted by molar-refractivity contribution is 9.10. The predicted molar refractivity (Wildman–Crippen MR) is 336 cm³/mol. The van der Waals surface area contributed by atoms with Crippen molar-refractivity contribution < 1.29 is 8.83 Å². The molecule has 14 aromatic rings. The molecule has 0 fully saturated rings. The second-order valence-corrected chi connectivity index (χ2v) is 22.9. The van der Waals surface area contributed by atoms with Gasteiger partial charge in [-0.3, -0.25) is 0 Å². The number of fused-ring (bicyclic) bond motifs is 14. The molecule has 0 unspecified atom stereocenters. The Balaban J connectivity index is 0.000000119. The Morgan fingerprint density at radius 2 is 0.797 bits per heavy atom. The van der Waals surface area contributed by atoms with E-state index in [0.717, 1.165) is 77.2 Å². The average molecular weight is 1080 g/mol. The van der Waals surface area contributed by atoms with Crippen molar-refractivity contribution in [3.63, 3.8) is 0 Å². The molecule has 0 atom stereocenters. The van der Waals surface area contributed by atoms with Gasteiger partial charge in [-0.05, 0) is 143 Å². The van der Waals surface area contributed by atoms with E-state index in [-0.39, 0.29) is 10.8 Å². The average Bonchev–Trinajstić information content (AvgIpc) is 4.39. The lowest BCUT2D eigenvalue weighted by molar-refractivity contribution is 0.659. The zero-order valence-corrected chi connectivity index (χ0v) is 46.2. The summed E-state index contributed by atoms with van der Waals surface area (Å²) in [6, 6.07) is 90.8. The van der Waals surface area contributed by atoms with Crippen LogP contribution >= 0.6 is 15.9 Å². The number of rotatable bonds is 5. The number of furan rings is 2. The van der Waals surface area contributed by atoms with Crippen LogP contribution in [-0.4, -0.2) is 0 Å². The van der Waals surface area contributed by atoms with Crippen LogP contribution in [0.25, 0.3) is 87.7 Å². The van der Waals surface area contributed by atoms with Crippen LogP contribution in [-0.2, 0) is 17.3 Å². The third-order valence-electron chi connectivity index (χ3n) is 16.7. The number of hydrogen-bond donors (Lipinski definition) is 0. The Morgan fingerprint density at radius 1 is 0.342 bits per heavy atom. The SMILES string of the molecule is Brc1c2ccccc2cc2oc3ccccc3c12.CC1(C)c2ccccc2-c2ccc(Cc3ccccc3)cc21.CC1(C)c2ccccc2-c2ccc(N(c3ccccc3)c3c4ccccc4cc4oc5ccccc5c34)cc21. The van der Waals surface area contributed by atoms with Crippen LogP contribution in [0.15, 0.2) is 268 Å². The predicted octanol–water partition coefficient (Wildman–Crippen LogP) is 21.6. The van der Waals surface area contributed by atoms with E-state index in [2.05, 4.69) is 273 Å². The largest absolute Gasteiger partial charge is 0.456 e. The maximum atomic E-state index is 6.45. The quantitative estimate of drug-likeness (QED) is 0.172. The van der Waals surface area contributed by atoms with E-state index in [0.29, 0.717) is 0 Å². The fourth-order valence-electron chi connectivity index (χ4n) is 12.8. The molecule has 4 heteroatoms. The van der Waals surface area contributed by atoms with Gasteiger partial charge in [0.2, 0.25) is 0 Å². The van der Waals surface area contributed by atoms with E-state index >= 15 is 0 Å². The summed E-state index contributed by atoms with van der Waals surface area (Å²) in [6.07, 6.45) is 1.00. The topological polar surface area (TPSA) is 29.5 Å². The number of anilines is 3. The van der Waals surface area contributed by atoms with Crippen LogP contribution in [0.1, 0.15) is 61.1 Å². The maximum absolute atomic E-state index is 6.45. The van der Waals surface area contributed by atoms with Gasteiger partial charge in [0.05, 0.1) is 11.1 Å². The van der Waals surface area contributed by atoms with E-state index in [9.17, 15) is 0 Å². The molecule has 2 heterocycles. The second-order valence-electron chi connectivity index (χ2n) is 22.1. The molecule has 2 aliphatic rings. The normalized spacial score (nSPS) is 13.4. The third kappa shape index (κ3) is 8.16. The van der Waals surface area contributed by atoms with Crippen molar-refractivity contribution in [3.8, 4) is 22.3 Å². The maximum Gasteiger partial charge on any atom is 0.138 e. The first-order chi connectivity index (χ1) is 38.6. The minimum absolute atomic E-state index is 0.0826. The summed E-state index contributed by atoms with van der Waals surface area (Å²) in [5, 5.41) is 9.35. The molecule has 3 nitrogen and oxygen atoms in total. The van der Waals surface area contributed by atoms with E-state index < -0.39 is 0 Å². The Labute approximate surface area is 469 Å². The smallest absolute Gasteiger partial charge is 0.138 e. The van der Waals surface area contributed by atoms with Crippen molar-refractivity contribution in [2.45, 2.75) is 44.9 Å². The summed E-state index contributed by atoms with van der Waals surface area (Å²) in [4.78, 5) is 2.42. The number of para-hydroxylation sites is 3. The van der Waals surface area contributed by atoms with Gasteiger partial charge in [0, 0.05) is 48.2 Å². The van der Waals surface area contributed by atoms with Gasteiger partial charge in [-0.2, -0.15) is 0 Å². The fraction of sp³-hybridized carbons (Fsp3) is 0.0933. The van der Waals surface area contributed by atoms with E-state index in [1.54, 1.807) is 0 Å². The molecule has 0 spiro atoms. The Hall–Kier alpha value is -8.96. The van der Waals surface area contributed by atoms with Crippen molar-refractivity contribution >= 4 is 98.4 Å². The molecule has 2 aromatic heterocycles. The molecule has 12 aromatic carbocycles. The van der Waals surface area contributed by atoms with Gasteiger partial charge in [0.25, 0.3) is 0 Å². The summed E-state index contributed by atoms with van der Waals surface area (Å²) in [5.74, 6) is 0. The molecule has 2 aliphatic carbocycles. The zero-order chi connectivity index (χ0) is 53.4. The third-order valence-corrected chi connectivity index (χ3v) is 17.5. The number of benzene rings is 12. The summed E-state index contributed by atoms with van der Waals surface area (Å²) < 4.78 is 13.5. The van der Waals surface area contributed by atoms with Crippen molar-refractivity contribution in [2.75, 3.05) is 4.90 Å². The van der Waals surface area contributed by atoms with Gasteiger partial charge < -0.3 is 13.7 Å². The molecule has 0 N–H and O–H groups in total. The minimum Gasteiger partial charge on any atom is -0.456 e. The molecule has 0 bridgehead atoms. The van der Waals surface area contributed by atoms with Crippen LogP contribution in [0.2, 0.25) is 0 Å². The fourth-order valence-corrected chi connectivity index (χ4v) is 13.5. The molecular formula is C75H56BrNO2. The van der Waals surface area contributed by atoms with E-state index in [1.807, 2.05) is 30.3 Å². The molecule has 0 amide bonds. The van der Waals surface area contributed by atoms with Crippen molar-refractivity contribution in [1.29, 1.82) is 0 Å². The lowest BCUT2D eigenvalue weighted by Gasteiger charge is -2.29. The second kappa shape index (κ2) is 19.2. The number of nitrogens with zero attached hydrogens (tertiary/aromatic N) is 1. The lowest BCUT2D eigenvalue weighted by atomic mass is 9.81. The number of halogens is 1. The van der Waals surface area contributed by atoms with Crippen molar-refractivity contribution in [1.82, 2.24) is 0 Å². The number of hydrogen-bond acceptors (Lipinski definition) is 3. The molecule has 0 saturated carbocycles. The van der Waals surface area contributed by atoms with Gasteiger partial charge in [-0.1, -0.05) is 234 Å². The Bertz CT molecular complexity index is 4660. The Kier molecular flexibility index (Phi) is 11.8. The first kappa shape index (κ1) is 48.4. The van der Waals surface area contributed by atoms with Gasteiger partial charge in [-0.15, -0.1) is 0 Å². The Morgan fingerprint density at radius 3 is 1.43 bits per heavy atom. The van der Waals surface area contributed by atoms with Crippen LogP contribution < -0.4 is 4.90 Å². The monoisotopic (exact) mass is 1080 g/mol. The van der Waals surface area contributed by atoms with Gasteiger partial charge in [-0.25, -0.2) is 0 Å². The molecule has 0 aliphatic heterocycles. The van der Waals surface area contributed by atoms with Crippen LogP contribution in [0.3, 0.4) is 0 Å². The first-order valence-electron chi connectivity index (χ1n) is 27.3. The summed E-state index contributed by atoms with van der Waals surface area (Å²) in [6.45, 7) is 9.36.